The van der Waals surface area contributed by atoms with Crippen molar-refractivity contribution >= 4 is 27.2 Å². The molecule has 3 aromatic heterocycles. The highest BCUT2D eigenvalue weighted by atomic mass is 32.2. The van der Waals surface area contributed by atoms with E-state index in [0.29, 0.717) is 5.76 Å². The molecule has 0 radical (unpaired) electrons. The van der Waals surface area contributed by atoms with Crippen LogP contribution in [0.4, 0.5) is 0 Å². The number of benzene rings is 1. The quantitative estimate of drug-likeness (QED) is 0.351. The number of imidazole rings is 1. The number of furan rings is 1. The lowest BCUT2D eigenvalue weighted by molar-refractivity contribution is 0.0492. The van der Waals surface area contributed by atoms with Crippen LogP contribution in [0.5, 0.6) is 0 Å². The smallest absolute Gasteiger partial charge is 0.338 e. The molecule has 12 nitrogen and oxygen atoms in total. The van der Waals surface area contributed by atoms with Gasteiger partial charge in [-0.2, -0.15) is 0 Å². The Hall–Kier alpha value is -3.97. The van der Waals surface area contributed by atoms with Crippen molar-refractivity contribution < 1.29 is 22.4 Å². The maximum absolute atomic E-state index is 12.5. The fourth-order valence-electron chi connectivity index (χ4n) is 3.34. The molecule has 0 aliphatic carbocycles. The lowest BCUT2D eigenvalue weighted by atomic mass is 10.2. The van der Waals surface area contributed by atoms with Crippen LogP contribution in [0.15, 0.2) is 67.9 Å². The number of fused-ring (bicyclic) bond motifs is 1. The second-order valence-electron chi connectivity index (χ2n) is 7.38. The van der Waals surface area contributed by atoms with Crippen molar-refractivity contribution in [3.05, 3.63) is 81.2 Å². The number of rotatable bonds is 8. The summed E-state index contributed by atoms with van der Waals surface area (Å²) >= 11 is 0. The molecule has 4 aromatic rings. The third-order valence-corrected chi connectivity index (χ3v) is 6.58. The highest BCUT2D eigenvalue weighted by molar-refractivity contribution is 7.89. The number of nitrogens with one attached hydrogen (secondary N) is 1. The average molecular weight is 487 g/mol. The van der Waals surface area contributed by atoms with E-state index < -0.39 is 27.2 Å². The molecule has 0 fully saturated rings. The number of carbonyl (C=O) groups is 1. The third kappa shape index (κ3) is 4.43. The SMILES string of the molecule is Cn1c(=O)c2c(ncn2CCOC(=O)c2cccc(S(=O)(=O)NCc3ccco3)c2)n(C)c1=O. The molecule has 0 spiro atoms. The summed E-state index contributed by atoms with van der Waals surface area (Å²) in [6.07, 6.45) is 2.82. The number of nitrogens with zero attached hydrogens (tertiary/aromatic N) is 4. The number of aryl methyl sites for hydroxylation is 1. The Morgan fingerprint density at radius 2 is 1.94 bits per heavy atom. The van der Waals surface area contributed by atoms with Crippen LogP contribution in [-0.4, -0.2) is 39.7 Å². The van der Waals surface area contributed by atoms with E-state index in [0.717, 1.165) is 4.57 Å². The molecule has 0 bridgehead atoms. The van der Waals surface area contributed by atoms with Gasteiger partial charge in [-0.3, -0.25) is 13.9 Å². The van der Waals surface area contributed by atoms with Crippen LogP contribution >= 0.6 is 0 Å². The lowest BCUT2D eigenvalue weighted by Crippen LogP contribution is -2.37. The molecule has 4 rings (SSSR count). The van der Waals surface area contributed by atoms with Gasteiger partial charge < -0.3 is 13.7 Å². The molecule has 34 heavy (non-hydrogen) atoms. The summed E-state index contributed by atoms with van der Waals surface area (Å²) in [5.74, 6) is -0.283. The van der Waals surface area contributed by atoms with E-state index in [1.807, 2.05) is 0 Å². The van der Waals surface area contributed by atoms with Gasteiger partial charge >= 0.3 is 11.7 Å². The molecule has 0 aliphatic heterocycles. The Morgan fingerprint density at radius 3 is 2.68 bits per heavy atom. The average Bonchev–Trinajstić information content (AvgIpc) is 3.50. The van der Waals surface area contributed by atoms with E-state index in [9.17, 15) is 22.8 Å². The summed E-state index contributed by atoms with van der Waals surface area (Å²) < 4.78 is 41.6. The number of sulfonamides is 1. The number of hydrogen-bond donors (Lipinski definition) is 1. The molecule has 1 aromatic carbocycles. The first-order chi connectivity index (χ1) is 16.2. The van der Waals surface area contributed by atoms with Crippen molar-refractivity contribution in [3.8, 4) is 0 Å². The van der Waals surface area contributed by atoms with Gasteiger partial charge in [-0.15, -0.1) is 0 Å². The van der Waals surface area contributed by atoms with Crippen LogP contribution in [-0.2, 0) is 41.9 Å². The fraction of sp³-hybridized carbons (Fsp3) is 0.238. The summed E-state index contributed by atoms with van der Waals surface area (Å²) in [4.78, 5) is 41.0. The van der Waals surface area contributed by atoms with Crippen molar-refractivity contribution in [3.63, 3.8) is 0 Å². The summed E-state index contributed by atoms with van der Waals surface area (Å²) in [6.45, 7) is -0.0314. The second-order valence-corrected chi connectivity index (χ2v) is 9.15. The van der Waals surface area contributed by atoms with Gasteiger partial charge in [0.05, 0.1) is 36.1 Å². The van der Waals surface area contributed by atoms with Crippen molar-refractivity contribution in [1.29, 1.82) is 0 Å². The van der Waals surface area contributed by atoms with Gasteiger partial charge in [-0.05, 0) is 30.3 Å². The Labute approximate surface area is 193 Å². The molecule has 178 valence electrons. The van der Waals surface area contributed by atoms with E-state index in [2.05, 4.69) is 9.71 Å². The summed E-state index contributed by atoms with van der Waals surface area (Å²) in [5, 5.41) is 0. The van der Waals surface area contributed by atoms with Gasteiger partial charge in [0.2, 0.25) is 10.0 Å². The third-order valence-electron chi connectivity index (χ3n) is 5.18. The summed E-state index contributed by atoms with van der Waals surface area (Å²) in [5.41, 5.74) is -0.532. The molecular weight excluding hydrogens is 466 g/mol. The lowest BCUT2D eigenvalue weighted by Gasteiger charge is -2.09. The zero-order chi connectivity index (χ0) is 24.5. The van der Waals surface area contributed by atoms with Crippen molar-refractivity contribution in [1.82, 2.24) is 23.4 Å². The minimum absolute atomic E-state index is 0.0338. The van der Waals surface area contributed by atoms with E-state index >= 15 is 0 Å². The fourth-order valence-corrected chi connectivity index (χ4v) is 4.38. The van der Waals surface area contributed by atoms with Gasteiger partial charge in [-0.1, -0.05) is 6.07 Å². The summed E-state index contributed by atoms with van der Waals surface area (Å²) in [7, 11) is -1.01. The molecule has 0 aliphatic rings. The monoisotopic (exact) mass is 487 g/mol. The molecule has 3 heterocycles. The first-order valence-electron chi connectivity index (χ1n) is 10.1. The molecule has 1 N–H and O–H groups in total. The number of carbonyl (C=O) groups excluding carboxylic acids is 1. The number of ether oxygens (including phenoxy) is 1. The van der Waals surface area contributed by atoms with Crippen LogP contribution in [0.1, 0.15) is 16.1 Å². The van der Waals surface area contributed by atoms with Crippen LogP contribution in [0.2, 0.25) is 0 Å². The predicted octanol–water partition coefficient (Wildman–Crippen LogP) is 0.362. The van der Waals surface area contributed by atoms with Crippen LogP contribution in [0.3, 0.4) is 0 Å². The number of aromatic nitrogens is 4. The van der Waals surface area contributed by atoms with E-state index in [4.69, 9.17) is 9.15 Å². The van der Waals surface area contributed by atoms with Crippen molar-refractivity contribution in [2.45, 2.75) is 18.0 Å². The Balaban J connectivity index is 1.44. The van der Waals surface area contributed by atoms with Gasteiger partial charge in [-0.25, -0.2) is 27.7 Å². The van der Waals surface area contributed by atoms with Gasteiger partial charge in [0.15, 0.2) is 11.2 Å². The Morgan fingerprint density at radius 1 is 1.15 bits per heavy atom. The Kier molecular flexibility index (Phi) is 6.22. The number of esters is 1. The molecule has 0 saturated carbocycles. The van der Waals surface area contributed by atoms with Gasteiger partial charge in [0.25, 0.3) is 5.56 Å². The number of hydrogen-bond acceptors (Lipinski definition) is 8. The maximum atomic E-state index is 12.5. The predicted molar refractivity (Wildman–Crippen MR) is 120 cm³/mol. The van der Waals surface area contributed by atoms with Crippen LogP contribution < -0.4 is 16.0 Å². The standard InChI is InChI=1S/C21H21N5O7S/c1-24-18-17(19(27)25(2)21(24)29)26(13-22-18)8-10-33-20(28)14-5-3-7-16(11-14)34(30,31)23-12-15-6-4-9-32-15/h3-7,9,11,13,23H,8,10,12H2,1-2H3. The van der Waals surface area contributed by atoms with E-state index in [1.165, 1.54) is 60.1 Å². The maximum Gasteiger partial charge on any atom is 0.338 e. The summed E-state index contributed by atoms with van der Waals surface area (Å²) in [6, 6.07) is 8.72. The first kappa shape index (κ1) is 23.2. The zero-order valence-electron chi connectivity index (χ0n) is 18.3. The van der Waals surface area contributed by atoms with E-state index in [-0.39, 0.29) is 41.3 Å². The molecule has 0 unspecified atom stereocenters. The van der Waals surface area contributed by atoms with Crippen molar-refractivity contribution in [2.75, 3.05) is 6.61 Å². The van der Waals surface area contributed by atoms with Gasteiger partial charge in [0, 0.05) is 14.1 Å². The molecule has 0 saturated heterocycles. The second kappa shape index (κ2) is 9.11. The Bertz CT molecular complexity index is 1580. The zero-order valence-corrected chi connectivity index (χ0v) is 19.1. The largest absolute Gasteiger partial charge is 0.468 e. The van der Waals surface area contributed by atoms with Crippen molar-refractivity contribution in [2.24, 2.45) is 14.1 Å². The topological polar surface area (TPSA) is 147 Å². The molecule has 0 atom stereocenters. The normalized spacial score (nSPS) is 11.7. The molecule has 0 amide bonds. The first-order valence-corrected chi connectivity index (χ1v) is 11.6. The van der Waals surface area contributed by atoms with Crippen LogP contribution in [0, 0.1) is 0 Å². The highest BCUT2D eigenvalue weighted by Crippen LogP contribution is 2.14. The highest BCUT2D eigenvalue weighted by Gasteiger charge is 2.18. The van der Waals surface area contributed by atoms with Crippen LogP contribution in [0.25, 0.3) is 11.2 Å². The van der Waals surface area contributed by atoms with Gasteiger partial charge in [0.1, 0.15) is 12.4 Å². The minimum Gasteiger partial charge on any atom is -0.468 e. The van der Waals surface area contributed by atoms with E-state index in [1.54, 1.807) is 12.1 Å². The minimum atomic E-state index is -3.88. The molecule has 13 heteroatoms. The molecular formula is C21H21N5O7S.